The molecule has 0 spiro atoms. The summed E-state index contributed by atoms with van der Waals surface area (Å²) >= 11 is 1.30. The first-order valence-electron chi connectivity index (χ1n) is 5.44. The number of rotatable bonds is 0. The van der Waals surface area contributed by atoms with Gasteiger partial charge in [0.1, 0.15) is 0 Å². The summed E-state index contributed by atoms with van der Waals surface area (Å²) < 4.78 is 3.34. The summed E-state index contributed by atoms with van der Waals surface area (Å²) in [4.78, 5) is 0. The normalized spacial score (nSPS) is 15.2. The number of hydrogen-bond acceptors (Lipinski definition) is 0. The second-order valence-corrected chi connectivity index (χ2v) is 3.92. The van der Waals surface area contributed by atoms with E-state index in [1.54, 1.807) is 0 Å². The van der Waals surface area contributed by atoms with Gasteiger partial charge in [-0.3, -0.25) is 12.2 Å². The number of allylic oxidation sites excluding steroid dienone is 8. The molecule has 0 aromatic carbocycles. The Hall–Kier alpha value is 0.293. The Morgan fingerprint density at radius 1 is 1.06 bits per heavy atom. The van der Waals surface area contributed by atoms with E-state index in [1.165, 1.54) is 46.5 Å². The van der Waals surface area contributed by atoms with Gasteiger partial charge in [-0.25, -0.2) is 22.8 Å². The van der Waals surface area contributed by atoms with Crippen molar-refractivity contribution in [3.63, 3.8) is 0 Å². The molecule has 0 bridgehead atoms. The second kappa shape index (κ2) is 13.7. The van der Waals surface area contributed by atoms with Crippen molar-refractivity contribution in [2.24, 2.45) is 0 Å². The number of halogens is 2. The van der Waals surface area contributed by atoms with E-state index in [4.69, 9.17) is 0 Å². The van der Waals surface area contributed by atoms with E-state index in [9.17, 15) is 0 Å². The van der Waals surface area contributed by atoms with Crippen LogP contribution in [0, 0.1) is 12.2 Å². The second-order valence-electron chi connectivity index (χ2n) is 3.92. The number of hydrogen-bond donors (Lipinski definition) is 0. The van der Waals surface area contributed by atoms with Crippen molar-refractivity contribution in [3.05, 3.63) is 46.6 Å². The zero-order valence-corrected chi connectivity index (χ0v) is 15.5. The van der Waals surface area contributed by atoms with Gasteiger partial charge >= 0.3 is 28.4 Å². The van der Waals surface area contributed by atoms with Crippen LogP contribution in [-0.4, -0.2) is 4.21 Å². The van der Waals surface area contributed by atoms with E-state index >= 15 is 0 Å². The summed E-state index contributed by atoms with van der Waals surface area (Å²) in [6.45, 7) is 8.42. The molecule has 0 aromatic heterocycles. The van der Waals surface area contributed by atoms with Gasteiger partial charge in [0.2, 0.25) is 0 Å². The van der Waals surface area contributed by atoms with Crippen LogP contribution in [0.2, 0.25) is 0 Å². The van der Waals surface area contributed by atoms with Crippen molar-refractivity contribution < 1.29 is 49.0 Å². The SMILES string of the molecule is CC1=[C-]CC(C)=C1.CC1=[C-]CC=C1C.[CH2]=[Zr+2].[Cl-].[Cl-]. The zero-order valence-electron chi connectivity index (χ0n) is 11.5. The van der Waals surface area contributed by atoms with Gasteiger partial charge in [0.15, 0.2) is 0 Å². The van der Waals surface area contributed by atoms with Crippen molar-refractivity contribution in [2.45, 2.75) is 40.5 Å². The molecule has 0 amide bonds. The topological polar surface area (TPSA) is 0 Å². The van der Waals surface area contributed by atoms with Crippen LogP contribution in [0.4, 0.5) is 0 Å². The van der Waals surface area contributed by atoms with E-state index in [-0.39, 0.29) is 24.8 Å². The van der Waals surface area contributed by atoms with Crippen LogP contribution >= 0.6 is 0 Å². The van der Waals surface area contributed by atoms with Crippen LogP contribution in [0.15, 0.2) is 34.4 Å². The fourth-order valence-corrected chi connectivity index (χ4v) is 1.40. The van der Waals surface area contributed by atoms with E-state index in [0.29, 0.717) is 0 Å². The van der Waals surface area contributed by atoms with Crippen LogP contribution in [-0.2, 0) is 24.2 Å². The Balaban J connectivity index is -0.000000200. The summed E-state index contributed by atoms with van der Waals surface area (Å²) in [6.07, 6.45) is 12.8. The molecule has 0 heterocycles. The molecule has 0 fully saturated rings. The van der Waals surface area contributed by atoms with Gasteiger partial charge in [0.25, 0.3) is 0 Å². The zero-order chi connectivity index (χ0) is 12.6. The maximum absolute atomic E-state index is 3.34. The standard InChI is InChI=1S/2C7H9.CH2.2ClH.Zr/c1-6-3-4-7(2)5-6;1-6-4-3-5-7(6)2;;;;/h5H,3H2,1-2H3;4H,3H2,1-2H3;1H2;2*1H;/q2*-1;;;;+2/p-2. The van der Waals surface area contributed by atoms with Crippen LogP contribution in [0.1, 0.15) is 40.5 Å². The first-order valence-corrected chi connectivity index (χ1v) is 7.18. The Kier molecular flexibility index (Phi) is 17.8. The molecule has 0 aromatic rings. The predicted molar refractivity (Wildman–Crippen MR) is 68.7 cm³/mol. The first kappa shape index (κ1) is 23.4. The molecule has 0 saturated heterocycles. The van der Waals surface area contributed by atoms with E-state index in [2.05, 4.69) is 56.2 Å². The third-order valence-electron chi connectivity index (χ3n) is 2.48. The fraction of sp³-hybridized carbons (Fsp3) is 0.400. The molecule has 18 heavy (non-hydrogen) atoms. The molecule has 0 radical (unpaired) electrons. The summed E-state index contributed by atoms with van der Waals surface area (Å²) in [5.41, 5.74) is 5.43. The molecular weight excluding hydrogens is 342 g/mol. The van der Waals surface area contributed by atoms with Crippen LogP contribution in [0.3, 0.4) is 0 Å². The largest absolute Gasteiger partial charge is 1.00 e. The van der Waals surface area contributed by atoms with Gasteiger partial charge in [0, 0.05) is 0 Å². The maximum Gasteiger partial charge on any atom is -1.00 e. The third-order valence-corrected chi connectivity index (χ3v) is 2.48. The molecule has 2 aliphatic carbocycles. The Morgan fingerprint density at radius 2 is 1.61 bits per heavy atom. The van der Waals surface area contributed by atoms with Crippen LogP contribution < -0.4 is 24.8 Å². The quantitative estimate of drug-likeness (QED) is 0.444. The van der Waals surface area contributed by atoms with Crippen molar-refractivity contribution in [3.8, 4) is 0 Å². The van der Waals surface area contributed by atoms with Gasteiger partial charge in [-0.1, -0.05) is 20.8 Å². The Morgan fingerprint density at radius 3 is 1.72 bits per heavy atom. The minimum absolute atomic E-state index is 0. The smallest absolute Gasteiger partial charge is 1.00 e. The van der Waals surface area contributed by atoms with Gasteiger partial charge in [-0.2, -0.15) is 11.6 Å². The molecular formula is C15H20Cl2Zr-2. The predicted octanol–water partition coefficient (Wildman–Crippen LogP) is -1.86. The summed E-state index contributed by atoms with van der Waals surface area (Å²) in [6, 6.07) is 0. The average Bonchev–Trinajstić information content (AvgIpc) is 2.81. The molecule has 0 nitrogen and oxygen atoms in total. The van der Waals surface area contributed by atoms with Gasteiger partial charge in [0.05, 0.1) is 0 Å². The molecule has 3 heteroatoms. The Labute approximate surface area is 139 Å². The summed E-state index contributed by atoms with van der Waals surface area (Å²) in [7, 11) is 0. The monoisotopic (exact) mass is 360 g/mol. The Bertz CT molecular complexity index is 334. The van der Waals surface area contributed by atoms with E-state index < -0.39 is 0 Å². The first-order chi connectivity index (χ1) is 7.59. The summed E-state index contributed by atoms with van der Waals surface area (Å²) in [5, 5.41) is 0. The van der Waals surface area contributed by atoms with Crippen molar-refractivity contribution >= 4 is 4.21 Å². The molecule has 0 unspecified atom stereocenters. The molecule has 0 aliphatic heterocycles. The minimum atomic E-state index is 0. The third kappa shape index (κ3) is 10.2. The van der Waals surface area contributed by atoms with Crippen molar-refractivity contribution in [2.75, 3.05) is 0 Å². The molecule has 100 valence electrons. The molecule has 2 rings (SSSR count). The summed E-state index contributed by atoms with van der Waals surface area (Å²) in [5.74, 6) is 0. The molecule has 0 atom stereocenters. The fourth-order valence-electron chi connectivity index (χ4n) is 1.40. The minimum Gasteiger partial charge on any atom is -1.00 e. The molecule has 2 aliphatic rings. The van der Waals surface area contributed by atoms with Crippen molar-refractivity contribution in [1.29, 1.82) is 0 Å². The van der Waals surface area contributed by atoms with Crippen LogP contribution in [0.25, 0.3) is 0 Å². The molecule has 0 saturated carbocycles. The van der Waals surface area contributed by atoms with Crippen LogP contribution in [0.5, 0.6) is 0 Å². The molecule has 0 N–H and O–H groups in total. The van der Waals surface area contributed by atoms with Gasteiger partial charge in [-0.15, -0.1) is 19.8 Å². The van der Waals surface area contributed by atoms with Crippen molar-refractivity contribution in [1.82, 2.24) is 0 Å². The van der Waals surface area contributed by atoms with Gasteiger partial charge in [-0.05, 0) is 0 Å². The van der Waals surface area contributed by atoms with Gasteiger partial charge < -0.3 is 24.8 Å². The average molecular weight is 362 g/mol. The maximum atomic E-state index is 3.34. The van der Waals surface area contributed by atoms with E-state index in [0.717, 1.165) is 12.8 Å². The van der Waals surface area contributed by atoms with E-state index in [1.807, 2.05) is 0 Å².